The number of nitrogens with two attached hydrogens (primary N) is 1. The number of nitrogens with one attached hydrogen (secondary N) is 1. The summed E-state index contributed by atoms with van der Waals surface area (Å²) in [5.74, 6) is 0.675. The molecule has 19 heavy (non-hydrogen) atoms. The molecule has 0 radical (unpaired) electrons. The van der Waals surface area contributed by atoms with E-state index < -0.39 is 6.10 Å². The molecule has 2 atom stereocenters. The van der Waals surface area contributed by atoms with Crippen LogP contribution in [-0.4, -0.2) is 24.1 Å². The van der Waals surface area contributed by atoms with Gasteiger partial charge < -0.3 is 15.8 Å². The number of carbonyl (C=O) groups excluding carboxylic acids is 1. The van der Waals surface area contributed by atoms with Gasteiger partial charge in [-0.05, 0) is 50.8 Å². The van der Waals surface area contributed by atoms with Crippen molar-refractivity contribution in [3.63, 3.8) is 0 Å². The van der Waals surface area contributed by atoms with Gasteiger partial charge in [0.05, 0.1) is 0 Å². The average Bonchev–Trinajstić information content (AvgIpc) is 3.14. The Labute approximate surface area is 114 Å². The predicted molar refractivity (Wildman–Crippen MR) is 75.1 cm³/mol. The third kappa shape index (κ3) is 4.56. The van der Waals surface area contributed by atoms with Crippen molar-refractivity contribution in [2.75, 3.05) is 0 Å². The summed E-state index contributed by atoms with van der Waals surface area (Å²) < 4.78 is 5.62. The van der Waals surface area contributed by atoms with Crippen molar-refractivity contribution in [3.8, 4) is 5.75 Å². The van der Waals surface area contributed by atoms with Crippen molar-refractivity contribution in [1.29, 1.82) is 0 Å². The van der Waals surface area contributed by atoms with E-state index in [1.807, 2.05) is 31.2 Å². The van der Waals surface area contributed by atoms with Crippen LogP contribution in [0.3, 0.4) is 0 Å². The molecule has 1 fully saturated rings. The van der Waals surface area contributed by atoms with E-state index in [0.717, 1.165) is 19.3 Å². The summed E-state index contributed by atoms with van der Waals surface area (Å²) >= 11 is 0. The monoisotopic (exact) mass is 262 g/mol. The fraction of sp³-hybridized carbons (Fsp3) is 0.533. The van der Waals surface area contributed by atoms with Crippen molar-refractivity contribution in [3.05, 3.63) is 29.8 Å². The molecule has 4 nitrogen and oxygen atoms in total. The molecule has 0 aromatic heterocycles. The second-order valence-electron chi connectivity index (χ2n) is 5.37. The van der Waals surface area contributed by atoms with Crippen LogP contribution >= 0.6 is 0 Å². The molecule has 1 aliphatic carbocycles. The Morgan fingerprint density at radius 1 is 1.37 bits per heavy atom. The van der Waals surface area contributed by atoms with E-state index in [2.05, 4.69) is 5.32 Å². The van der Waals surface area contributed by atoms with E-state index in [1.54, 1.807) is 6.92 Å². The Morgan fingerprint density at radius 2 is 2.00 bits per heavy atom. The fourth-order valence-electron chi connectivity index (χ4n) is 1.88. The quantitative estimate of drug-likeness (QED) is 0.819. The number of ether oxygens (including phenoxy) is 1. The molecule has 2 unspecified atom stereocenters. The molecule has 3 N–H and O–H groups in total. The van der Waals surface area contributed by atoms with Crippen LogP contribution in [0, 0.1) is 0 Å². The highest BCUT2D eigenvalue weighted by Crippen LogP contribution is 2.19. The maximum absolute atomic E-state index is 11.8. The van der Waals surface area contributed by atoms with Gasteiger partial charge in [-0.15, -0.1) is 0 Å². The van der Waals surface area contributed by atoms with Crippen LogP contribution in [0.25, 0.3) is 0 Å². The minimum atomic E-state index is -0.458. The average molecular weight is 262 g/mol. The summed E-state index contributed by atoms with van der Waals surface area (Å²) in [6.07, 6.45) is 2.56. The van der Waals surface area contributed by atoms with Crippen LogP contribution in [-0.2, 0) is 11.2 Å². The number of hydrogen-bond acceptors (Lipinski definition) is 3. The normalized spacial score (nSPS) is 17.6. The Morgan fingerprint density at radius 3 is 2.53 bits per heavy atom. The van der Waals surface area contributed by atoms with Crippen molar-refractivity contribution in [1.82, 2.24) is 5.32 Å². The summed E-state index contributed by atoms with van der Waals surface area (Å²) in [5, 5.41) is 2.93. The van der Waals surface area contributed by atoms with E-state index in [-0.39, 0.29) is 11.9 Å². The second kappa shape index (κ2) is 6.06. The van der Waals surface area contributed by atoms with Crippen LogP contribution in [0.2, 0.25) is 0 Å². The second-order valence-corrected chi connectivity index (χ2v) is 5.37. The molecule has 1 aromatic carbocycles. The van der Waals surface area contributed by atoms with Crippen molar-refractivity contribution in [2.45, 2.75) is 51.3 Å². The van der Waals surface area contributed by atoms with Crippen LogP contribution in [0.4, 0.5) is 0 Å². The summed E-state index contributed by atoms with van der Waals surface area (Å²) in [6.45, 7) is 3.75. The van der Waals surface area contributed by atoms with Crippen LogP contribution in [0.5, 0.6) is 5.75 Å². The Kier molecular flexibility index (Phi) is 4.43. The van der Waals surface area contributed by atoms with E-state index in [9.17, 15) is 4.79 Å². The lowest BCUT2D eigenvalue weighted by Crippen LogP contribution is -2.37. The third-order valence-corrected chi connectivity index (χ3v) is 3.09. The van der Waals surface area contributed by atoms with Crippen LogP contribution in [0.15, 0.2) is 24.3 Å². The smallest absolute Gasteiger partial charge is 0.260 e. The molecule has 1 saturated carbocycles. The number of benzene rings is 1. The van der Waals surface area contributed by atoms with E-state index in [0.29, 0.717) is 11.8 Å². The molecule has 0 spiro atoms. The Bertz CT molecular complexity index is 424. The van der Waals surface area contributed by atoms with Gasteiger partial charge in [-0.25, -0.2) is 0 Å². The molecule has 0 bridgehead atoms. The van der Waals surface area contributed by atoms with Gasteiger partial charge >= 0.3 is 0 Å². The topological polar surface area (TPSA) is 64.3 Å². The minimum absolute atomic E-state index is 0.0397. The molecular formula is C15H22N2O2. The molecule has 0 saturated heterocycles. The Hall–Kier alpha value is -1.55. The number of amides is 1. The molecule has 104 valence electrons. The highest BCUT2D eigenvalue weighted by atomic mass is 16.5. The highest BCUT2D eigenvalue weighted by molar-refractivity contribution is 5.81. The van der Waals surface area contributed by atoms with Gasteiger partial charge in [0.25, 0.3) is 5.91 Å². The summed E-state index contributed by atoms with van der Waals surface area (Å²) in [7, 11) is 0. The van der Waals surface area contributed by atoms with Gasteiger partial charge in [-0.2, -0.15) is 0 Å². The molecule has 4 heteroatoms. The first-order chi connectivity index (χ1) is 9.04. The first-order valence-corrected chi connectivity index (χ1v) is 6.86. The molecule has 2 rings (SSSR count). The van der Waals surface area contributed by atoms with Gasteiger partial charge in [-0.1, -0.05) is 12.1 Å². The Balaban J connectivity index is 1.85. The molecular weight excluding hydrogens is 240 g/mol. The first kappa shape index (κ1) is 13.9. The maximum Gasteiger partial charge on any atom is 0.260 e. The highest BCUT2D eigenvalue weighted by Gasteiger charge is 2.26. The zero-order valence-corrected chi connectivity index (χ0v) is 11.6. The molecule has 0 aliphatic heterocycles. The summed E-state index contributed by atoms with van der Waals surface area (Å²) in [6, 6.07) is 8.27. The predicted octanol–water partition coefficient (Wildman–Crippen LogP) is 1.62. The zero-order valence-electron chi connectivity index (χ0n) is 11.6. The molecule has 1 aromatic rings. The lowest BCUT2D eigenvalue weighted by Gasteiger charge is -2.15. The lowest BCUT2D eigenvalue weighted by atomic mass is 10.1. The van der Waals surface area contributed by atoms with Gasteiger partial charge in [0.15, 0.2) is 6.10 Å². The van der Waals surface area contributed by atoms with Gasteiger partial charge in [0.1, 0.15) is 5.75 Å². The lowest BCUT2D eigenvalue weighted by molar-refractivity contribution is -0.127. The number of hydrogen-bond donors (Lipinski definition) is 2. The van der Waals surface area contributed by atoms with Crippen molar-refractivity contribution < 1.29 is 9.53 Å². The molecule has 1 amide bonds. The molecule has 1 aliphatic rings. The summed E-state index contributed by atoms with van der Waals surface area (Å²) in [4.78, 5) is 11.8. The third-order valence-electron chi connectivity index (χ3n) is 3.09. The van der Waals surface area contributed by atoms with Gasteiger partial charge in [-0.3, -0.25) is 4.79 Å². The van der Waals surface area contributed by atoms with Gasteiger partial charge in [0.2, 0.25) is 0 Å². The standard InChI is InChI=1S/C15H22N2O2/c1-10(16)9-12-3-7-14(8-4-12)19-11(2)15(18)17-13-5-6-13/h3-4,7-8,10-11,13H,5-6,9,16H2,1-2H3,(H,17,18). The van der Waals surface area contributed by atoms with Crippen LogP contribution < -0.4 is 15.8 Å². The minimum Gasteiger partial charge on any atom is -0.481 e. The maximum atomic E-state index is 11.8. The zero-order chi connectivity index (χ0) is 13.8. The number of carbonyl (C=O) groups is 1. The van der Waals surface area contributed by atoms with E-state index in [1.165, 1.54) is 5.56 Å². The first-order valence-electron chi connectivity index (χ1n) is 6.86. The van der Waals surface area contributed by atoms with Crippen molar-refractivity contribution >= 4 is 5.91 Å². The van der Waals surface area contributed by atoms with E-state index >= 15 is 0 Å². The SMILES string of the molecule is CC(N)Cc1ccc(OC(C)C(=O)NC2CC2)cc1. The fourth-order valence-corrected chi connectivity index (χ4v) is 1.88. The number of rotatable bonds is 6. The summed E-state index contributed by atoms with van der Waals surface area (Å²) in [5.41, 5.74) is 6.93. The largest absolute Gasteiger partial charge is 0.481 e. The molecule has 0 heterocycles. The van der Waals surface area contributed by atoms with Gasteiger partial charge in [0, 0.05) is 12.1 Å². The van der Waals surface area contributed by atoms with Crippen molar-refractivity contribution in [2.24, 2.45) is 5.73 Å². The van der Waals surface area contributed by atoms with E-state index in [4.69, 9.17) is 10.5 Å². The van der Waals surface area contributed by atoms with Crippen LogP contribution in [0.1, 0.15) is 32.3 Å².